The van der Waals surface area contributed by atoms with Gasteiger partial charge in [-0.2, -0.15) is 15.3 Å². The number of nitrogens with zero attached hydrogens (tertiary/aromatic N) is 4. The molecule has 0 saturated heterocycles. The highest BCUT2D eigenvalue weighted by molar-refractivity contribution is 6.11. The van der Waals surface area contributed by atoms with E-state index >= 15 is 0 Å². The molecule has 0 spiro atoms. The molecule has 0 unspecified atom stereocenters. The van der Waals surface area contributed by atoms with Crippen molar-refractivity contribution in [2.45, 2.75) is 13.8 Å². The van der Waals surface area contributed by atoms with E-state index in [1.807, 2.05) is 44.2 Å². The molecule has 1 amide bonds. The lowest BCUT2D eigenvalue weighted by molar-refractivity contribution is 0.102. The molecule has 3 heterocycles. The molecule has 0 bridgehead atoms. The minimum absolute atomic E-state index is 0.308. The Labute approximate surface area is 150 Å². The number of pyridine rings is 1. The van der Waals surface area contributed by atoms with Crippen molar-refractivity contribution in [2.24, 2.45) is 0 Å². The summed E-state index contributed by atoms with van der Waals surface area (Å²) in [5, 5.41) is 17.9. The number of nitrogens with one attached hydrogen (secondary N) is 2. The Bertz CT molecular complexity index is 998. The molecule has 3 aromatic heterocycles. The molecule has 0 saturated carbocycles. The summed E-state index contributed by atoms with van der Waals surface area (Å²) in [6, 6.07) is 11.3. The van der Waals surface area contributed by atoms with Crippen LogP contribution in [0.5, 0.6) is 0 Å². The van der Waals surface area contributed by atoms with Crippen LogP contribution in [0.4, 0.5) is 5.69 Å². The van der Waals surface area contributed by atoms with Gasteiger partial charge in [0.05, 0.1) is 23.6 Å². The predicted octanol–water partition coefficient (Wildman–Crippen LogP) is 3.69. The number of hydrogen-bond acceptors (Lipinski definition) is 5. The van der Waals surface area contributed by atoms with Gasteiger partial charge in [0, 0.05) is 23.3 Å². The number of rotatable bonds is 3. The highest BCUT2D eigenvalue weighted by atomic mass is 16.1. The predicted molar refractivity (Wildman–Crippen MR) is 101 cm³/mol. The monoisotopic (exact) mass is 346 g/mol. The molecular weight excluding hydrogens is 328 g/mol. The lowest BCUT2D eigenvalue weighted by Crippen LogP contribution is -2.13. The highest BCUT2D eigenvalue weighted by Crippen LogP contribution is 2.25. The van der Waals surface area contributed by atoms with Crippen LogP contribution < -0.4 is 5.32 Å². The number of hydrogen-bond donors (Lipinski definition) is 2. The molecule has 7 heteroatoms. The Morgan fingerprint density at radius 3 is 2.62 bits per heavy atom. The third kappa shape index (κ3) is 3.56. The van der Waals surface area contributed by atoms with Gasteiger partial charge < -0.3 is 5.32 Å². The first-order chi connectivity index (χ1) is 12.8. The summed E-state index contributed by atoms with van der Waals surface area (Å²) in [4.78, 5) is 16.6. The smallest absolute Gasteiger partial charge is 0.276 e. The number of H-pyrrole nitrogens is 1. The fourth-order valence-corrected chi connectivity index (χ4v) is 2.46. The van der Waals surface area contributed by atoms with Gasteiger partial charge in [0.1, 0.15) is 0 Å². The summed E-state index contributed by atoms with van der Waals surface area (Å²) < 4.78 is 0. The van der Waals surface area contributed by atoms with E-state index in [2.05, 4.69) is 30.7 Å². The third-order valence-electron chi connectivity index (χ3n) is 3.61. The molecule has 0 aliphatic rings. The molecule has 4 rings (SSSR count). The van der Waals surface area contributed by atoms with Crippen LogP contribution in [0, 0.1) is 0 Å². The number of aromatic amines is 1. The average molecular weight is 346 g/mol. The van der Waals surface area contributed by atoms with E-state index in [1.165, 1.54) is 12.4 Å². The Hall–Kier alpha value is -3.61. The zero-order valence-corrected chi connectivity index (χ0v) is 14.5. The van der Waals surface area contributed by atoms with Gasteiger partial charge in [0.15, 0.2) is 5.69 Å². The summed E-state index contributed by atoms with van der Waals surface area (Å²) in [7, 11) is 0. The molecule has 1 aromatic carbocycles. The maximum absolute atomic E-state index is 12.5. The Kier molecular flexibility index (Phi) is 5.28. The maximum Gasteiger partial charge on any atom is 0.276 e. The van der Waals surface area contributed by atoms with Gasteiger partial charge in [-0.15, -0.1) is 0 Å². The van der Waals surface area contributed by atoms with Crippen molar-refractivity contribution in [2.75, 3.05) is 5.32 Å². The molecule has 7 nitrogen and oxygen atoms in total. The zero-order valence-electron chi connectivity index (χ0n) is 14.5. The number of aromatic nitrogens is 5. The first kappa shape index (κ1) is 17.2. The lowest BCUT2D eigenvalue weighted by atomic mass is 10.0. The second-order valence-corrected chi connectivity index (χ2v) is 5.16. The van der Waals surface area contributed by atoms with Gasteiger partial charge in [-0.3, -0.25) is 14.9 Å². The Morgan fingerprint density at radius 1 is 1.00 bits per heavy atom. The van der Waals surface area contributed by atoms with Crippen molar-refractivity contribution < 1.29 is 4.79 Å². The van der Waals surface area contributed by atoms with Crippen molar-refractivity contribution in [1.29, 1.82) is 0 Å². The van der Waals surface area contributed by atoms with Crippen LogP contribution in [0.25, 0.3) is 22.0 Å². The maximum atomic E-state index is 12.5. The summed E-state index contributed by atoms with van der Waals surface area (Å²) in [6.45, 7) is 4.00. The van der Waals surface area contributed by atoms with Crippen LogP contribution in [0.3, 0.4) is 0 Å². The van der Waals surface area contributed by atoms with Crippen molar-refractivity contribution in [1.82, 2.24) is 25.4 Å². The third-order valence-corrected chi connectivity index (χ3v) is 3.61. The molecule has 0 fully saturated rings. The van der Waals surface area contributed by atoms with Gasteiger partial charge in [-0.25, -0.2) is 0 Å². The normalized spacial score (nSPS) is 10.1. The molecule has 0 aliphatic heterocycles. The molecule has 4 aromatic rings. The fourth-order valence-electron chi connectivity index (χ4n) is 2.46. The summed E-state index contributed by atoms with van der Waals surface area (Å²) >= 11 is 0. The van der Waals surface area contributed by atoms with Gasteiger partial charge in [-0.1, -0.05) is 26.0 Å². The van der Waals surface area contributed by atoms with E-state index in [0.717, 1.165) is 22.0 Å². The average Bonchev–Trinajstić information content (AvgIpc) is 3.14. The number of anilines is 1. The second kappa shape index (κ2) is 7.98. The summed E-state index contributed by atoms with van der Waals surface area (Å²) in [5.74, 6) is -0.308. The molecular formula is C19H18N6O. The van der Waals surface area contributed by atoms with Gasteiger partial charge in [0.2, 0.25) is 0 Å². The number of carbonyl (C=O) groups is 1. The molecule has 0 radical (unpaired) electrons. The Morgan fingerprint density at radius 2 is 1.88 bits per heavy atom. The van der Waals surface area contributed by atoms with Crippen LogP contribution in [-0.4, -0.2) is 31.3 Å². The van der Waals surface area contributed by atoms with Crippen LogP contribution in [-0.2, 0) is 0 Å². The zero-order chi connectivity index (χ0) is 18.4. The van der Waals surface area contributed by atoms with Crippen molar-refractivity contribution in [3.63, 3.8) is 0 Å². The highest BCUT2D eigenvalue weighted by Gasteiger charge is 2.15. The first-order valence-corrected chi connectivity index (χ1v) is 8.28. The van der Waals surface area contributed by atoms with E-state index in [4.69, 9.17) is 0 Å². The van der Waals surface area contributed by atoms with E-state index in [-0.39, 0.29) is 5.91 Å². The number of benzene rings is 1. The lowest BCUT2D eigenvalue weighted by Gasteiger charge is -2.03. The number of carbonyl (C=O) groups excluding carboxylic acids is 1. The van der Waals surface area contributed by atoms with Crippen LogP contribution in [0.1, 0.15) is 24.3 Å². The minimum Gasteiger partial charge on any atom is -0.319 e. The van der Waals surface area contributed by atoms with Gasteiger partial charge in [0.25, 0.3) is 5.91 Å². The quantitative estimate of drug-likeness (QED) is 0.590. The summed E-state index contributed by atoms with van der Waals surface area (Å²) in [5.41, 5.74) is 3.63. The molecule has 0 aliphatic carbocycles. The van der Waals surface area contributed by atoms with Crippen LogP contribution in [0.15, 0.2) is 61.2 Å². The standard InChI is InChI=1S/C17H12N6O.C2H6/c24-17(21-13-5-7-19-20-10-13)16-14-8-11(3-4-15(14)22-23-16)12-2-1-6-18-9-12;1-2/h1-10H,(H,22,23)(H,19,21,24);1-2H3. The van der Waals surface area contributed by atoms with E-state index in [1.54, 1.807) is 18.5 Å². The molecule has 26 heavy (non-hydrogen) atoms. The van der Waals surface area contributed by atoms with Crippen LogP contribution >= 0.6 is 0 Å². The van der Waals surface area contributed by atoms with E-state index in [0.29, 0.717) is 11.4 Å². The largest absolute Gasteiger partial charge is 0.319 e. The minimum atomic E-state index is -0.308. The van der Waals surface area contributed by atoms with Crippen molar-refractivity contribution >= 4 is 22.5 Å². The molecule has 0 atom stereocenters. The fraction of sp³-hybridized carbons (Fsp3) is 0.105. The summed E-state index contributed by atoms with van der Waals surface area (Å²) in [6.07, 6.45) is 6.50. The topological polar surface area (TPSA) is 96.5 Å². The number of fused-ring (bicyclic) bond motifs is 1. The first-order valence-electron chi connectivity index (χ1n) is 8.28. The van der Waals surface area contributed by atoms with Crippen LogP contribution in [0.2, 0.25) is 0 Å². The van der Waals surface area contributed by atoms with Gasteiger partial charge in [-0.05, 0) is 29.8 Å². The Balaban J connectivity index is 0.000000948. The van der Waals surface area contributed by atoms with E-state index in [9.17, 15) is 4.79 Å². The molecule has 2 N–H and O–H groups in total. The molecule has 130 valence electrons. The van der Waals surface area contributed by atoms with Crippen molar-refractivity contribution in [3.8, 4) is 11.1 Å². The second-order valence-electron chi connectivity index (χ2n) is 5.16. The number of amides is 1. The van der Waals surface area contributed by atoms with Gasteiger partial charge >= 0.3 is 0 Å². The van der Waals surface area contributed by atoms with E-state index < -0.39 is 0 Å². The SMILES string of the molecule is CC.O=C(Nc1ccnnc1)c1n[nH]c2ccc(-c3cccnc3)cc12. The van der Waals surface area contributed by atoms with Crippen molar-refractivity contribution in [3.05, 3.63) is 66.9 Å².